The fourth-order valence-electron chi connectivity index (χ4n) is 2.14. The zero-order valence-corrected chi connectivity index (χ0v) is 14.0. The molecule has 0 spiro atoms. The van der Waals surface area contributed by atoms with Crippen LogP contribution in [0.3, 0.4) is 0 Å². The number of hydrogen-bond donors (Lipinski definition) is 2. The van der Waals surface area contributed by atoms with E-state index in [9.17, 15) is 9.59 Å². The van der Waals surface area contributed by atoms with Crippen LogP contribution in [-0.2, 0) is 11.3 Å². The maximum atomic E-state index is 11.8. The van der Waals surface area contributed by atoms with Gasteiger partial charge in [0.2, 0.25) is 5.91 Å². The van der Waals surface area contributed by atoms with Crippen molar-refractivity contribution in [1.29, 1.82) is 0 Å². The number of nitrogens with one attached hydrogen (secondary N) is 2. The van der Waals surface area contributed by atoms with Crippen molar-refractivity contribution in [2.24, 2.45) is 0 Å². The number of nitrogens with zero attached hydrogens (tertiary/aromatic N) is 4. The van der Waals surface area contributed by atoms with Gasteiger partial charge in [-0.2, -0.15) is 0 Å². The number of amides is 3. The van der Waals surface area contributed by atoms with Crippen LogP contribution in [0.2, 0.25) is 0 Å². The second kappa shape index (κ2) is 7.43. The van der Waals surface area contributed by atoms with Crippen LogP contribution in [0.1, 0.15) is 19.8 Å². The Labute approximate surface area is 143 Å². The summed E-state index contributed by atoms with van der Waals surface area (Å²) < 4.78 is 1.93. The zero-order valence-electron chi connectivity index (χ0n) is 13.2. The largest absolute Gasteiger partial charge is 0.335 e. The Hall–Kier alpha value is -2.42. The van der Waals surface area contributed by atoms with E-state index in [-0.39, 0.29) is 17.7 Å². The molecule has 3 rings (SSSR count). The second-order valence-electron chi connectivity index (χ2n) is 5.37. The summed E-state index contributed by atoms with van der Waals surface area (Å²) >= 11 is 1.25. The highest BCUT2D eigenvalue weighted by molar-refractivity contribution is 7.99. The molecule has 0 aliphatic heterocycles. The number of urea groups is 1. The van der Waals surface area contributed by atoms with Gasteiger partial charge in [-0.15, -0.1) is 10.2 Å². The molecule has 0 unspecified atom stereocenters. The first-order valence-electron chi connectivity index (χ1n) is 7.74. The van der Waals surface area contributed by atoms with Crippen molar-refractivity contribution in [3.63, 3.8) is 0 Å². The molecule has 24 heavy (non-hydrogen) atoms. The Balaban J connectivity index is 1.59. The molecule has 2 aromatic rings. The number of hydrogen-bond acceptors (Lipinski definition) is 6. The molecule has 0 atom stereocenters. The topological polar surface area (TPSA) is 102 Å². The lowest BCUT2D eigenvalue weighted by Crippen LogP contribution is -2.41. The van der Waals surface area contributed by atoms with Crippen molar-refractivity contribution in [3.05, 3.63) is 24.5 Å². The number of thioether (sulfide) groups is 1. The predicted molar refractivity (Wildman–Crippen MR) is 89.3 cm³/mol. The van der Waals surface area contributed by atoms with Gasteiger partial charge in [-0.3, -0.25) is 15.1 Å². The number of pyridine rings is 1. The third-order valence-electron chi connectivity index (χ3n) is 3.47. The molecular weight excluding hydrogens is 328 g/mol. The van der Waals surface area contributed by atoms with Crippen LogP contribution >= 0.6 is 11.8 Å². The van der Waals surface area contributed by atoms with Crippen LogP contribution < -0.4 is 10.6 Å². The second-order valence-corrected chi connectivity index (χ2v) is 6.31. The fraction of sp³-hybridized carbons (Fsp3) is 0.400. The molecular formula is C15H18N6O2S. The summed E-state index contributed by atoms with van der Waals surface area (Å²) in [7, 11) is 0. The summed E-state index contributed by atoms with van der Waals surface area (Å²) in [5.41, 5.74) is 0.916. The van der Waals surface area contributed by atoms with Crippen molar-refractivity contribution in [3.8, 4) is 11.4 Å². The van der Waals surface area contributed by atoms with E-state index >= 15 is 0 Å². The third-order valence-corrected chi connectivity index (χ3v) is 4.44. The zero-order chi connectivity index (χ0) is 16.9. The average Bonchev–Trinajstić information content (AvgIpc) is 3.29. The molecule has 1 aliphatic rings. The van der Waals surface area contributed by atoms with Crippen LogP contribution in [-0.4, -0.2) is 43.5 Å². The average molecular weight is 346 g/mol. The van der Waals surface area contributed by atoms with E-state index in [2.05, 4.69) is 25.8 Å². The molecule has 1 aliphatic carbocycles. The highest BCUT2D eigenvalue weighted by atomic mass is 32.2. The molecule has 9 heteroatoms. The monoisotopic (exact) mass is 346 g/mol. The minimum atomic E-state index is -0.433. The Morgan fingerprint density at radius 3 is 2.71 bits per heavy atom. The summed E-state index contributed by atoms with van der Waals surface area (Å²) in [6, 6.07) is 3.51. The van der Waals surface area contributed by atoms with Gasteiger partial charge in [0.1, 0.15) is 0 Å². The molecule has 2 heterocycles. The normalized spacial score (nSPS) is 13.5. The summed E-state index contributed by atoms with van der Waals surface area (Å²) in [5.74, 6) is 0.482. The lowest BCUT2D eigenvalue weighted by molar-refractivity contribution is -0.117. The van der Waals surface area contributed by atoms with E-state index in [4.69, 9.17) is 0 Å². The van der Waals surface area contributed by atoms with Crippen molar-refractivity contribution in [1.82, 2.24) is 30.4 Å². The molecule has 3 amide bonds. The Kier molecular flexibility index (Phi) is 5.09. The van der Waals surface area contributed by atoms with Crippen LogP contribution in [0.5, 0.6) is 0 Å². The van der Waals surface area contributed by atoms with E-state index in [1.807, 2.05) is 23.6 Å². The lowest BCUT2D eigenvalue weighted by Gasteiger charge is -2.07. The van der Waals surface area contributed by atoms with Crippen molar-refractivity contribution >= 4 is 23.7 Å². The fourth-order valence-corrected chi connectivity index (χ4v) is 2.94. The molecule has 8 nitrogen and oxygen atoms in total. The summed E-state index contributed by atoms with van der Waals surface area (Å²) in [5, 5.41) is 14.0. The molecule has 2 aromatic heterocycles. The van der Waals surface area contributed by atoms with Crippen LogP contribution in [0.15, 0.2) is 29.7 Å². The van der Waals surface area contributed by atoms with E-state index in [1.165, 1.54) is 11.8 Å². The van der Waals surface area contributed by atoms with Gasteiger partial charge in [-0.25, -0.2) is 4.79 Å². The lowest BCUT2D eigenvalue weighted by atomic mass is 10.2. The van der Waals surface area contributed by atoms with Gasteiger partial charge in [0, 0.05) is 30.5 Å². The summed E-state index contributed by atoms with van der Waals surface area (Å²) in [6.45, 7) is 2.66. The van der Waals surface area contributed by atoms with Gasteiger partial charge < -0.3 is 9.88 Å². The Bertz CT molecular complexity index is 729. The highest BCUT2D eigenvalue weighted by Crippen LogP contribution is 2.23. The number of aromatic nitrogens is 4. The number of rotatable bonds is 6. The van der Waals surface area contributed by atoms with Crippen LogP contribution in [0.4, 0.5) is 4.79 Å². The van der Waals surface area contributed by atoms with Crippen LogP contribution in [0, 0.1) is 0 Å². The number of carbonyl (C=O) groups is 2. The Morgan fingerprint density at radius 1 is 1.29 bits per heavy atom. The van der Waals surface area contributed by atoms with E-state index in [0.717, 1.165) is 24.2 Å². The molecule has 126 valence electrons. The SMILES string of the molecule is CCn1c(SCC(=O)NC(=O)NC2CC2)nnc1-c1ccncc1. The molecule has 1 saturated carbocycles. The van der Waals surface area contributed by atoms with Gasteiger partial charge in [0.15, 0.2) is 11.0 Å². The predicted octanol–water partition coefficient (Wildman–Crippen LogP) is 1.44. The molecule has 0 radical (unpaired) electrons. The number of carbonyl (C=O) groups excluding carboxylic acids is 2. The minimum absolute atomic E-state index is 0.104. The van der Waals surface area contributed by atoms with Crippen LogP contribution in [0.25, 0.3) is 11.4 Å². The van der Waals surface area contributed by atoms with Crippen molar-refractivity contribution in [2.45, 2.75) is 37.5 Å². The van der Waals surface area contributed by atoms with Gasteiger partial charge >= 0.3 is 6.03 Å². The van der Waals surface area contributed by atoms with E-state index in [0.29, 0.717) is 11.7 Å². The number of imide groups is 1. The van der Waals surface area contributed by atoms with Crippen molar-refractivity contribution in [2.75, 3.05) is 5.75 Å². The van der Waals surface area contributed by atoms with Gasteiger partial charge in [0.25, 0.3) is 0 Å². The molecule has 2 N–H and O–H groups in total. The Morgan fingerprint density at radius 2 is 2.04 bits per heavy atom. The first-order chi connectivity index (χ1) is 11.7. The standard InChI is InChI=1S/C15H18N6O2S/c1-2-21-13(10-5-7-16-8-6-10)19-20-15(21)24-9-12(22)18-14(23)17-11-3-4-11/h5-8,11H,2-4,9H2,1H3,(H2,17,18,22,23). The quantitative estimate of drug-likeness (QED) is 0.768. The first kappa shape index (κ1) is 16.4. The molecule has 0 aromatic carbocycles. The smallest absolute Gasteiger partial charge is 0.321 e. The maximum absolute atomic E-state index is 11.8. The molecule has 0 saturated heterocycles. The van der Waals surface area contributed by atoms with E-state index < -0.39 is 6.03 Å². The van der Waals surface area contributed by atoms with Gasteiger partial charge in [-0.1, -0.05) is 11.8 Å². The molecule has 1 fully saturated rings. The third kappa shape index (κ3) is 4.10. The summed E-state index contributed by atoms with van der Waals surface area (Å²) in [4.78, 5) is 27.4. The van der Waals surface area contributed by atoms with Gasteiger partial charge in [0.05, 0.1) is 5.75 Å². The first-order valence-corrected chi connectivity index (χ1v) is 8.72. The van der Waals surface area contributed by atoms with Gasteiger partial charge in [-0.05, 0) is 31.9 Å². The van der Waals surface area contributed by atoms with E-state index in [1.54, 1.807) is 12.4 Å². The summed E-state index contributed by atoms with van der Waals surface area (Å²) in [6.07, 6.45) is 5.35. The minimum Gasteiger partial charge on any atom is -0.335 e. The highest BCUT2D eigenvalue weighted by Gasteiger charge is 2.24. The maximum Gasteiger partial charge on any atom is 0.321 e. The molecule has 0 bridgehead atoms. The van der Waals surface area contributed by atoms with Crippen molar-refractivity contribution < 1.29 is 9.59 Å².